The van der Waals surface area contributed by atoms with Gasteiger partial charge in [0.2, 0.25) is 5.88 Å². The number of aromatic amines is 1. The average Bonchev–Trinajstić information content (AvgIpc) is 3.28. The summed E-state index contributed by atoms with van der Waals surface area (Å²) in [5.74, 6) is -1.83. The predicted octanol–water partition coefficient (Wildman–Crippen LogP) is 3.15. The van der Waals surface area contributed by atoms with Gasteiger partial charge >= 0.3 is 0 Å². The second kappa shape index (κ2) is 10.7. The highest BCUT2D eigenvalue weighted by Crippen LogP contribution is 2.28. The second-order valence-corrected chi connectivity index (χ2v) is 9.81. The molecule has 1 aliphatic heterocycles. The SMILES string of the molecule is COc1nc2[nH]cc(C(=O)C(=O)NC(C)C)c2cc1C(=O)N1C[C@H](C)N(Cc2ccc(F)cc2)C[C@H]1C. The third-order valence-corrected chi connectivity index (χ3v) is 6.60. The van der Waals surface area contributed by atoms with Crippen molar-refractivity contribution in [2.75, 3.05) is 20.2 Å². The smallest absolute Gasteiger partial charge is 0.292 e. The maximum absolute atomic E-state index is 13.7. The molecule has 1 fully saturated rings. The number of ketones is 1. The molecule has 0 aliphatic carbocycles. The molecule has 0 saturated carbocycles. The molecule has 2 aromatic heterocycles. The first-order chi connectivity index (χ1) is 17.6. The van der Waals surface area contributed by atoms with Crippen molar-refractivity contribution in [2.24, 2.45) is 0 Å². The molecule has 37 heavy (non-hydrogen) atoms. The summed E-state index contributed by atoms with van der Waals surface area (Å²) >= 11 is 0. The molecule has 3 heterocycles. The highest BCUT2D eigenvalue weighted by Gasteiger charge is 2.34. The van der Waals surface area contributed by atoms with Crippen molar-refractivity contribution in [3.05, 3.63) is 59.0 Å². The standard InChI is InChI=1S/C27H32FN5O4/c1-15(2)30-25(35)23(34)22-11-29-24-20(22)10-21(26(31-24)37-5)27(36)33-13-16(3)32(12-17(33)4)14-18-6-8-19(28)9-7-18/h6-11,15-17H,12-14H2,1-5H3,(H,29,31)(H,30,35)/t16-,17+/m0/s1. The Hall–Kier alpha value is -3.79. The van der Waals surface area contributed by atoms with Gasteiger partial charge in [-0.25, -0.2) is 4.39 Å². The second-order valence-electron chi connectivity index (χ2n) is 9.81. The first-order valence-electron chi connectivity index (χ1n) is 12.3. The number of amides is 2. The van der Waals surface area contributed by atoms with Gasteiger partial charge in [0.25, 0.3) is 17.6 Å². The fourth-order valence-electron chi connectivity index (χ4n) is 4.66. The van der Waals surface area contributed by atoms with Gasteiger partial charge in [-0.1, -0.05) is 12.1 Å². The van der Waals surface area contributed by atoms with E-state index in [1.54, 1.807) is 36.9 Å². The molecule has 1 aromatic carbocycles. The molecule has 0 bridgehead atoms. The topological polar surface area (TPSA) is 108 Å². The normalized spacial score (nSPS) is 18.3. The number of benzene rings is 1. The molecule has 4 rings (SSSR count). The fourth-order valence-corrected chi connectivity index (χ4v) is 4.66. The summed E-state index contributed by atoms with van der Waals surface area (Å²) in [6.07, 6.45) is 1.42. The Morgan fingerprint density at radius 1 is 1.14 bits per heavy atom. The van der Waals surface area contributed by atoms with Crippen LogP contribution in [0.15, 0.2) is 36.5 Å². The lowest BCUT2D eigenvalue weighted by Crippen LogP contribution is -2.57. The van der Waals surface area contributed by atoms with E-state index in [2.05, 4.69) is 20.2 Å². The number of aromatic nitrogens is 2. The lowest BCUT2D eigenvalue weighted by Gasteiger charge is -2.44. The molecule has 2 atom stereocenters. The minimum Gasteiger partial charge on any atom is -0.480 e. The molecule has 1 aliphatic rings. The summed E-state index contributed by atoms with van der Waals surface area (Å²) in [6.45, 7) is 9.31. The number of Topliss-reactive ketones (excluding diaryl/α,β-unsaturated/α-hetero) is 1. The van der Waals surface area contributed by atoms with Crippen LogP contribution in [0.25, 0.3) is 11.0 Å². The van der Waals surface area contributed by atoms with Gasteiger partial charge in [0.1, 0.15) is 17.0 Å². The number of fused-ring (bicyclic) bond motifs is 1. The Bertz CT molecular complexity index is 1320. The number of nitrogens with zero attached hydrogens (tertiary/aromatic N) is 3. The van der Waals surface area contributed by atoms with E-state index in [0.717, 1.165) is 5.56 Å². The Labute approximate surface area is 215 Å². The van der Waals surface area contributed by atoms with Gasteiger partial charge in [-0.05, 0) is 51.5 Å². The van der Waals surface area contributed by atoms with E-state index < -0.39 is 11.7 Å². The van der Waals surface area contributed by atoms with Gasteiger partial charge in [-0.3, -0.25) is 19.3 Å². The fraction of sp³-hybridized carbons (Fsp3) is 0.407. The first kappa shape index (κ1) is 26.3. The van der Waals surface area contributed by atoms with E-state index in [1.165, 1.54) is 25.4 Å². The molecule has 0 unspecified atom stereocenters. The third-order valence-electron chi connectivity index (χ3n) is 6.60. The number of pyridine rings is 1. The van der Waals surface area contributed by atoms with Crippen LogP contribution in [0.5, 0.6) is 5.88 Å². The van der Waals surface area contributed by atoms with Crippen molar-refractivity contribution in [1.29, 1.82) is 0 Å². The van der Waals surface area contributed by atoms with Crippen LogP contribution in [0.2, 0.25) is 0 Å². The quantitative estimate of drug-likeness (QED) is 0.374. The van der Waals surface area contributed by atoms with Crippen molar-refractivity contribution < 1.29 is 23.5 Å². The molecule has 2 amide bonds. The average molecular weight is 510 g/mol. The van der Waals surface area contributed by atoms with Crippen LogP contribution >= 0.6 is 0 Å². The number of carbonyl (C=O) groups excluding carboxylic acids is 3. The Morgan fingerprint density at radius 3 is 2.49 bits per heavy atom. The number of rotatable bonds is 7. The highest BCUT2D eigenvalue weighted by atomic mass is 19.1. The number of halogens is 1. The number of carbonyl (C=O) groups is 3. The maximum atomic E-state index is 13.7. The summed E-state index contributed by atoms with van der Waals surface area (Å²) in [5.41, 5.74) is 1.71. The zero-order chi connectivity index (χ0) is 26.9. The van der Waals surface area contributed by atoms with E-state index >= 15 is 0 Å². The van der Waals surface area contributed by atoms with Gasteiger partial charge < -0.3 is 19.9 Å². The molecule has 3 aromatic rings. The summed E-state index contributed by atoms with van der Waals surface area (Å²) in [7, 11) is 1.43. The van der Waals surface area contributed by atoms with E-state index in [9.17, 15) is 18.8 Å². The summed E-state index contributed by atoms with van der Waals surface area (Å²) in [6, 6.07) is 7.75. The van der Waals surface area contributed by atoms with E-state index in [1.807, 2.05) is 13.8 Å². The zero-order valence-electron chi connectivity index (χ0n) is 21.7. The Morgan fingerprint density at radius 2 is 1.84 bits per heavy atom. The van der Waals surface area contributed by atoms with Crippen LogP contribution < -0.4 is 10.1 Å². The molecule has 0 radical (unpaired) electrons. The van der Waals surface area contributed by atoms with Gasteiger partial charge in [0.05, 0.1) is 12.7 Å². The minimum atomic E-state index is -0.723. The van der Waals surface area contributed by atoms with Crippen LogP contribution in [0.3, 0.4) is 0 Å². The summed E-state index contributed by atoms with van der Waals surface area (Å²) in [4.78, 5) is 50.2. The maximum Gasteiger partial charge on any atom is 0.292 e. The van der Waals surface area contributed by atoms with Gasteiger partial charge in [-0.15, -0.1) is 0 Å². The molecule has 1 saturated heterocycles. The number of piperazine rings is 1. The van der Waals surface area contributed by atoms with Crippen molar-refractivity contribution in [3.8, 4) is 5.88 Å². The van der Waals surface area contributed by atoms with Crippen LogP contribution in [0, 0.1) is 5.82 Å². The largest absolute Gasteiger partial charge is 0.480 e. The van der Waals surface area contributed by atoms with E-state index in [-0.39, 0.29) is 46.9 Å². The van der Waals surface area contributed by atoms with E-state index in [4.69, 9.17) is 4.74 Å². The predicted molar refractivity (Wildman–Crippen MR) is 137 cm³/mol. The Balaban J connectivity index is 1.59. The van der Waals surface area contributed by atoms with Gasteiger partial charge in [-0.2, -0.15) is 4.98 Å². The van der Waals surface area contributed by atoms with E-state index in [0.29, 0.717) is 30.7 Å². The number of methoxy groups -OCH3 is 1. The minimum absolute atomic E-state index is 0.0528. The van der Waals surface area contributed by atoms with Crippen LogP contribution in [-0.2, 0) is 11.3 Å². The molecule has 9 nitrogen and oxygen atoms in total. The first-order valence-corrected chi connectivity index (χ1v) is 12.3. The van der Waals surface area contributed by atoms with Gasteiger partial charge in [0.15, 0.2) is 0 Å². The number of ether oxygens (including phenoxy) is 1. The molecular formula is C27H32FN5O4. The number of H-pyrrole nitrogens is 1. The Kier molecular flexibility index (Phi) is 7.58. The monoisotopic (exact) mass is 509 g/mol. The van der Waals surface area contributed by atoms with Crippen LogP contribution in [0.4, 0.5) is 4.39 Å². The van der Waals surface area contributed by atoms with Crippen molar-refractivity contribution in [1.82, 2.24) is 25.1 Å². The number of hydrogen-bond acceptors (Lipinski definition) is 6. The van der Waals surface area contributed by atoms with Crippen molar-refractivity contribution >= 4 is 28.6 Å². The van der Waals surface area contributed by atoms with Gasteiger partial charge in [0, 0.05) is 49.3 Å². The molecular weight excluding hydrogens is 477 g/mol. The third kappa shape index (κ3) is 5.48. The van der Waals surface area contributed by atoms with Crippen LogP contribution in [0.1, 0.15) is 54.0 Å². The molecule has 10 heteroatoms. The highest BCUT2D eigenvalue weighted by molar-refractivity contribution is 6.45. The van der Waals surface area contributed by atoms with Crippen molar-refractivity contribution in [3.63, 3.8) is 0 Å². The zero-order valence-corrected chi connectivity index (χ0v) is 21.7. The summed E-state index contributed by atoms with van der Waals surface area (Å²) < 4.78 is 18.7. The number of hydrogen-bond donors (Lipinski definition) is 2. The lowest BCUT2D eigenvalue weighted by molar-refractivity contribution is -0.117. The van der Waals surface area contributed by atoms with Crippen molar-refractivity contribution in [2.45, 2.75) is 52.4 Å². The number of nitrogens with one attached hydrogen (secondary N) is 2. The lowest BCUT2D eigenvalue weighted by atomic mass is 10.0. The molecule has 0 spiro atoms. The molecule has 2 N–H and O–H groups in total. The summed E-state index contributed by atoms with van der Waals surface area (Å²) in [5, 5.41) is 2.97. The molecule has 196 valence electrons. The van der Waals surface area contributed by atoms with Crippen LogP contribution in [-0.4, -0.2) is 75.7 Å².